The van der Waals surface area contributed by atoms with E-state index in [2.05, 4.69) is 128 Å². The molecule has 2 aliphatic rings. The molecule has 8 aromatic rings. The zero-order chi connectivity index (χ0) is 44.2. The molecule has 2 aliphatic heterocycles. The highest BCUT2D eigenvalue weighted by molar-refractivity contribution is 5.66. The molecule has 0 aromatic heterocycles. The first-order chi connectivity index (χ1) is 30.9. The topological polar surface area (TPSA) is 55.4 Å². The molecule has 6 heteroatoms. The van der Waals surface area contributed by atoms with Gasteiger partial charge >= 0.3 is 0 Å². The zero-order valence-corrected chi connectivity index (χ0v) is 37.5. The molecule has 0 radical (unpaired) electrons. The van der Waals surface area contributed by atoms with Gasteiger partial charge in [-0.1, -0.05) is 48.5 Å². The Hall–Kier alpha value is -7.44. The molecule has 2 heterocycles. The summed E-state index contributed by atoms with van der Waals surface area (Å²) in [5.74, 6) is 8.23. The van der Waals surface area contributed by atoms with Crippen LogP contribution in [0.4, 0.5) is 0 Å². The van der Waals surface area contributed by atoms with E-state index in [1.165, 1.54) is 44.5 Å². The van der Waals surface area contributed by atoms with Gasteiger partial charge in [-0.2, -0.15) is 0 Å². The van der Waals surface area contributed by atoms with Gasteiger partial charge in [-0.3, -0.25) is 0 Å². The minimum Gasteiger partial charge on any atom is -0.457 e. The predicted octanol–water partition coefficient (Wildman–Crippen LogP) is 16.5. The standard InChI is InChI=1S/C58H50O6/c1-33-9-13-41(25-37(33)5)59-45-17-21-49-53(29-45)63-54-30-46(60-42-14-10-34(2)38(6)26-42)18-22-50(54)57(49)58-51-23-19-47(61-43-15-11-35(3)39(7)27-43)31-55(51)64-56-32-48(20-24-52(56)58)62-44-16-12-36(4)40(8)28-44/h9-32,57-58H,1-8H3. The van der Waals surface area contributed by atoms with Crippen LogP contribution < -0.4 is 28.4 Å². The van der Waals surface area contributed by atoms with E-state index >= 15 is 0 Å². The van der Waals surface area contributed by atoms with Crippen molar-refractivity contribution in [1.82, 2.24) is 0 Å². The molecule has 0 amide bonds. The maximum atomic E-state index is 6.89. The van der Waals surface area contributed by atoms with E-state index in [0.717, 1.165) is 45.3 Å². The lowest BCUT2D eigenvalue weighted by Gasteiger charge is -2.38. The molecular weight excluding hydrogens is 793 g/mol. The average molecular weight is 843 g/mol. The molecule has 318 valence electrons. The number of ether oxygens (including phenoxy) is 6. The number of rotatable bonds is 9. The zero-order valence-electron chi connectivity index (χ0n) is 37.5. The number of fused-ring (bicyclic) bond motifs is 4. The second kappa shape index (κ2) is 16.4. The van der Waals surface area contributed by atoms with E-state index in [-0.39, 0.29) is 11.8 Å². The van der Waals surface area contributed by atoms with Crippen LogP contribution in [0.15, 0.2) is 146 Å². The van der Waals surface area contributed by atoms with Crippen LogP contribution in [0.5, 0.6) is 69.0 Å². The van der Waals surface area contributed by atoms with E-state index in [0.29, 0.717) is 46.0 Å². The van der Waals surface area contributed by atoms with Crippen molar-refractivity contribution in [2.24, 2.45) is 0 Å². The van der Waals surface area contributed by atoms with Gasteiger partial charge in [0.2, 0.25) is 0 Å². The van der Waals surface area contributed by atoms with Gasteiger partial charge in [0.05, 0.1) is 0 Å². The van der Waals surface area contributed by atoms with Crippen molar-refractivity contribution in [3.63, 3.8) is 0 Å². The van der Waals surface area contributed by atoms with E-state index in [4.69, 9.17) is 28.4 Å². The number of hydrogen-bond donors (Lipinski definition) is 0. The van der Waals surface area contributed by atoms with Crippen molar-refractivity contribution < 1.29 is 28.4 Å². The van der Waals surface area contributed by atoms with Crippen molar-refractivity contribution in [1.29, 1.82) is 0 Å². The van der Waals surface area contributed by atoms with Gasteiger partial charge < -0.3 is 28.4 Å². The Bertz CT molecular complexity index is 2710. The summed E-state index contributed by atoms with van der Waals surface area (Å²) >= 11 is 0. The van der Waals surface area contributed by atoms with Crippen molar-refractivity contribution >= 4 is 0 Å². The van der Waals surface area contributed by atoms with Crippen LogP contribution in [0.2, 0.25) is 0 Å². The fourth-order valence-electron chi connectivity index (χ4n) is 8.64. The largest absolute Gasteiger partial charge is 0.457 e. The monoisotopic (exact) mass is 842 g/mol. The summed E-state index contributed by atoms with van der Waals surface area (Å²) in [6.07, 6.45) is 0. The van der Waals surface area contributed by atoms with Crippen LogP contribution in [0.3, 0.4) is 0 Å². The van der Waals surface area contributed by atoms with E-state index in [9.17, 15) is 0 Å². The molecule has 10 rings (SSSR count). The van der Waals surface area contributed by atoms with Crippen LogP contribution in [-0.4, -0.2) is 0 Å². The highest BCUT2D eigenvalue weighted by atomic mass is 16.5. The van der Waals surface area contributed by atoms with Gasteiger partial charge in [0.1, 0.15) is 69.0 Å². The Morgan fingerprint density at radius 3 is 0.672 bits per heavy atom. The first kappa shape index (κ1) is 40.6. The molecule has 0 saturated heterocycles. The van der Waals surface area contributed by atoms with E-state index in [1.54, 1.807) is 0 Å². The molecule has 0 aliphatic carbocycles. The van der Waals surface area contributed by atoms with Gasteiger partial charge in [-0.05, 0) is 173 Å². The summed E-state index contributed by atoms with van der Waals surface area (Å²) in [5, 5.41) is 0. The second-order valence-electron chi connectivity index (χ2n) is 17.4. The average Bonchev–Trinajstić information content (AvgIpc) is 3.27. The quantitative estimate of drug-likeness (QED) is 0.144. The third kappa shape index (κ3) is 7.92. The van der Waals surface area contributed by atoms with Crippen molar-refractivity contribution in [2.45, 2.75) is 67.2 Å². The molecule has 0 bridgehead atoms. The lowest BCUT2D eigenvalue weighted by atomic mass is 9.71. The van der Waals surface area contributed by atoms with Gasteiger partial charge in [0.15, 0.2) is 0 Å². The highest BCUT2D eigenvalue weighted by Gasteiger charge is 2.41. The molecule has 6 nitrogen and oxygen atoms in total. The molecule has 64 heavy (non-hydrogen) atoms. The number of hydrogen-bond acceptors (Lipinski definition) is 6. The van der Waals surface area contributed by atoms with Crippen LogP contribution in [-0.2, 0) is 0 Å². The highest BCUT2D eigenvalue weighted by Crippen LogP contribution is 2.59. The Kier molecular flexibility index (Phi) is 10.4. The second-order valence-corrected chi connectivity index (χ2v) is 17.4. The van der Waals surface area contributed by atoms with E-state index < -0.39 is 0 Å². The molecule has 0 unspecified atom stereocenters. The minimum absolute atomic E-state index is 0.204. The van der Waals surface area contributed by atoms with Crippen LogP contribution in [0.1, 0.15) is 78.6 Å². The molecule has 0 spiro atoms. The Balaban J connectivity index is 1.10. The first-order valence-electron chi connectivity index (χ1n) is 21.8. The normalized spacial score (nSPS) is 12.8. The SMILES string of the molecule is Cc1ccc(Oc2ccc3c(c2)Oc2cc(Oc4ccc(C)c(C)c4)ccc2C3C2c3ccc(Oc4ccc(C)c(C)c4)cc3Oc3cc(Oc4ccc(C)c(C)c4)ccc32)cc1C. The van der Waals surface area contributed by atoms with Gasteiger partial charge in [0.25, 0.3) is 0 Å². The maximum absolute atomic E-state index is 6.89. The fourth-order valence-corrected chi connectivity index (χ4v) is 8.64. The Morgan fingerprint density at radius 2 is 0.453 bits per heavy atom. The minimum atomic E-state index is -0.204. The summed E-state index contributed by atoms with van der Waals surface area (Å²) < 4.78 is 39.7. The molecule has 8 aromatic carbocycles. The molecule has 0 atom stereocenters. The Labute approximate surface area is 375 Å². The third-order valence-electron chi connectivity index (χ3n) is 12.9. The number of aryl methyl sites for hydroxylation is 8. The molecular formula is C58H50O6. The van der Waals surface area contributed by atoms with Gasteiger partial charge in [-0.25, -0.2) is 0 Å². The summed E-state index contributed by atoms with van der Waals surface area (Å²) in [7, 11) is 0. The predicted molar refractivity (Wildman–Crippen MR) is 254 cm³/mol. The molecule has 0 N–H and O–H groups in total. The van der Waals surface area contributed by atoms with Crippen LogP contribution >= 0.6 is 0 Å². The van der Waals surface area contributed by atoms with Gasteiger partial charge in [0, 0.05) is 58.4 Å². The van der Waals surface area contributed by atoms with Crippen molar-refractivity contribution in [3.8, 4) is 69.0 Å². The number of benzene rings is 8. The Morgan fingerprint density at radius 1 is 0.250 bits per heavy atom. The van der Waals surface area contributed by atoms with Crippen molar-refractivity contribution in [3.05, 3.63) is 212 Å². The molecule has 0 fully saturated rings. The third-order valence-corrected chi connectivity index (χ3v) is 12.9. The summed E-state index contributed by atoms with van der Waals surface area (Å²) in [4.78, 5) is 0. The lowest BCUT2D eigenvalue weighted by molar-refractivity contribution is 0.400. The van der Waals surface area contributed by atoms with Crippen molar-refractivity contribution in [2.75, 3.05) is 0 Å². The smallest absolute Gasteiger partial charge is 0.135 e. The summed E-state index contributed by atoms with van der Waals surface area (Å²) in [5.41, 5.74) is 13.6. The van der Waals surface area contributed by atoms with Crippen LogP contribution in [0.25, 0.3) is 0 Å². The first-order valence-corrected chi connectivity index (χ1v) is 21.8. The summed E-state index contributed by atoms with van der Waals surface area (Å²) in [6.45, 7) is 16.8. The lowest BCUT2D eigenvalue weighted by Crippen LogP contribution is -2.22. The van der Waals surface area contributed by atoms with Gasteiger partial charge in [-0.15, -0.1) is 0 Å². The van der Waals surface area contributed by atoms with Crippen LogP contribution in [0, 0.1) is 55.4 Å². The summed E-state index contributed by atoms with van der Waals surface area (Å²) in [6, 6.07) is 49.3. The fraction of sp³-hybridized carbons (Fsp3) is 0.172. The molecule has 0 saturated carbocycles. The van der Waals surface area contributed by atoms with E-state index in [1.807, 2.05) is 72.8 Å². The maximum Gasteiger partial charge on any atom is 0.135 e.